The molecule has 3 heterocycles. The Balaban J connectivity index is 1.87. The third-order valence-corrected chi connectivity index (χ3v) is 4.39. The van der Waals surface area contributed by atoms with E-state index < -0.39 is 0 Å². The first kappa shape index (κ1) is 16.7. The van der Waals surface area contributed by atoms with Crippen LogP contribution in [0.25, 0.3) is 11.4 Å². The summed E-state index contributed by atoms with van der Waals surface area (Å²) in [6.45, 7) is 0. The van der Waals surface area contributed by atoms with Crippen molar-refractivity contribution in [2.24, 2.45) is 0 Å². The van der Waals surface area contributed by atoms with Crippen molar-refractivity contribution in [3.05, 3.63) is 78.5 Å². The van der Waals surface area contributed by atoms with Gasteiger partial charge in [-0.15, -0.1) is 0 Å². The minimum Gasteiger partial charge on any atom is -0.492 e. The molecule has 3 aromatic heterocycles. The van der Waals surface area contributed by atoms with Crippen LogP contribution in [0.3, 0.4) is 0 Å². The van der Waals surface area contributed by atoms with Gasteiger partial charge in [-0.25, -0.2) is 4.98 Å². The number of aromatic nitrogens is 4. The fourth-order valence-corrected chi connectivity index (χ4v) is 3.13. The van der Waals surface area contributed by atoms with Crippen LogP contribution in [0, 0.1) is 0 Å². The number of nitrogens with two attached hydrogens (primary N) is 2. The number of benzene rings is 1. The lowest BCUT2D eigenvalue weighted by atomic mass is 10.0. The lowest BCUT2D eigenvalue weighted by molar-refractivity contribution is 0.411. The van der Waals surface area contributed by atoms with Crippen molar-refractivity contribution in [1.29, 1.82) is 0 Å². The smallest absolute Gasteiger partial charge is 0.221 e. The summed E-state index contributed by atoms with van der Waals surface area (Å²) in [6, 6.07) is 12.1. The van der Waals surface area contributed by atoms with Crippen LogP contribution in [0.5, 0.6) is 5.75 Å². The van der Waals surface area contributed by atoms with Gasteiger partial charge in [0.15, 0.2) is 5.75 Å². The zero-order chi connectivity index (χ0) is 18.8. The summed E-state index contributed by atoms with van der Waals surface area (Å²) >= 11 is 0. The van der Waals surface area contributed by atoms with Crippen molar-refractivity contribution in [1.82, 2.24) is 19.1 Å². The molecule has 0 fully saturated rings. The fourth-order valence-electron chi connectivity index (χ4n) is 3.13. The van der Waals surface area contributed by atoms with Gasteiger partial charge in [-0.1, -0.05) is 0 Å². The molecule has 0 saturated heterocycles. The number of hydrogen-bond donors (Lipinski definition) is 2. The fraction of sp³-hybridized carbons (Fsp3) is 0.100. The molecule has 4 rings (SSSR count). The molecule has 0 aliphatic carbocycles. The number of nitrogens with zero attached hydrogens (tertiary/aromatic N) is 4. The number of nitrogen functional groups attached to an aromatic ring is 2. The molecular weight excluding hydrogens is 340 g/mol. The first-order valence-electron chi connectivity index (χ1n) is 8.50. The molecular formula is C20H20N6O. The summed E-state index contributed by atoms with van der Waals surface area (Å²) in [4.78, 5) is 8.12. The standard InChI is InChI=1S/C20H20N6O/c1-27-18-16(25-6-2-3-7-25)11-14(12-17(18)26-8-4-5-9-26)10-15-13-23-20(22)24-19(15)21/h2-9,11-13H,10H2,1H3,(H4,21,22,23,24). The van der Waals surface area contributed by atoms with Crippen LogP contribution in [0.1, 0.15) is 11.1 Å². The minimum atomic E-state index is 0.173. The molecule has 1 aromatic carbocycles. The second-order valence-electron chi connectivity index (χ2n) is 6.16. The SMILES string of the molecule is COc1c(-n2cccc2)cc(Cc2cnc(N)nc2N)cc1-n1cccc1. The van der Waals surface area contributed by atoms with Gasteiger partial charge in [0.1, 0.15) is 5.82 Å². The van der Waals surface area contributed by atoms with E-state index in [1.165, 1.54) is 0 Å². The highest BCUT2D eigenvalue weighted by Gasteiger charge is 2.15. The van der Waals surface area contributed by atoms with Gasteiger partial charge in [0, 0.05) is 43.0 Å². The Morgan fingerprint density at radius 1 is 0.926 bits per heavy atom. The van der Waals surface area contributed by atoms with E-state index >= 15 is 0 Å². The number of ether oxygens (including phenoxy) is 1. The van der Waals surface area contributed by atoms with Gasteiger partial charge in [0.25, 0.3) is 0 Å². The van der Waals surface area contributed by atoms with Crippen LogP contribution in [-0.2, 0) is 6.42 Å². The van der Waals surface area contributed by atoms with Gasteiger partial charge in [-0.05, 0) is 42.0 Å². The van der Waals surface area contributed by atoms with E-state index in [-0.39, 0.29) is 5.95 Å². The molecule has 4 aromatic rings. The van der Waals surface area contributed by atoms with Crippen LogP contribution in [0.2, 0.25) is 0 Å². The Bertz CT molecular complexity index is 999. The molecule has 0 atom stereocenters. The van der Waals surface area contributed by atoms with Gasteiger partial charge in [0.2, 0.25) is 5.95 Å². The van der Waals surface area contributed by atoms with Crippen molar-refractivity contribution in [2.45, 2.75) is 6.42 Å². The van der Waals surface area contributed by atoms with Crippen molar-refractivity contribution >= 4 is 11.8 Å². The Morgan fingerprint density at radius 3 is 1.96 bits per heavy atom. The summed E-state index contributed by atoms with van der Waals surface area (Å²) in [6.07, 6.45) is 10.2. The molecule has 0 aliphatic rings. The topological polar surface area (TPSA) is 96.9 Å². The molecule has 0 bridgehead atoms. The van der Waals surface area contributed by atoms with Gasteiger partial charge >= 0.3 is 0 Å². The predicted molar refractivity (Wildman–Crippen MR) is 105 cm³/mol. The van der Waals surface area contributed by atoms with Crippen LogP contribution in [0.15, 0.2) is 67.4 Å². The minimum absolute atomic E-state index is 0.173. The van der Waals surface area contributed by atoms with E-state index in [2.05, 4.69) is 22.1 Å². The molecule has 0 saturated carbocycles. The van der Waals surface area contributed by atoms with Crippen molar-refractivity contribution in [2.75, 3.05) is 18.6 Å². The first-order valence-corrected chi connectivity index (χ1v) is 8.50. The van der Waals surface area contributed by atoms with Crippen LogP contribution in [-0.4, -0.2) is 26.2 Å². The average molecular weight is 360 g/mol. The second-order valence-corrected chi connectivity index (χ2v) is 6.16. The lowest BCUT2D eigenvalue weighted by Gasteiger charge is -2.18. The van der Waals surface area contributed by atoms with Crippen LogP contribution in [0.4, 0.5) is 11.8 Å². The first-order chi connectivity index (χ1) is 13.2. The largest absolute Gasteiger partial charge is 0.492 e. The predicted octanol–water partition coefficient (Wildman–Crippen LogP) is 2.82. The quantitative estimate of drug-likeness (QED) is 0.570. The second kappa shape index (κ2) is 6.87. The Morgan fingerprint density at radius 2 is 1.48 bits per heavy atom. The van der Waals surface area contributed by atoms with E-state index in [1.807, 2.05) is 58.2 Å². The summed E-state index contributed by atoms with van der Waals surface area (Å²) in [5, 5.41) is 0. The highest BCUT2D eigenvalue weighted by atomic mass is 16.5. The lowest BCUT2D eigenvalue weighted by Crippen LogP contribution is -2.06. The summed E-state index contributed by atoms with van der Waals surface area (Å²) in [7, 11) is 1.68. The molecule has 27 heavy (non-hydrogen) atoms. The highest BCUT2D eigenvalue weighted by molar-refractivity contribution is 5.63. The van der Waals surface area contributed by atoms with E-state index in [1.54, 1.807) is 13.3 Å². The van der Waals surface area contributed by atoms with Gasteiger partial charge in [-0.3, -0.25) is 0 Å². The van der Waals surface area contributed by atoms with Crippen molar-refractivity contribution in [3.63, 3.8) is 0 Å². The average Bonchev–Trinajstić information content (AvgIpc) is 3.37. The third-order valence-electron chi connectivity index (χ3n) is 4.39. The van der Waals surface area contributed by atoms with Crippen molar-refractivity contribution < 1.29 is 4.74 Å². The molecule has 0 unspecified atom stereocenters. The molecule has 7 heteroatoms. The van der Waals surface area contributed by atoms with Gasteiger partial charge in [-0.2, -0.15) is 4.98 Å². The number of anilines is 2. The normalized spacial score (nSPS) is 10.9. The molecule has 0 radical (unpaired) electrons. The number of rotatable bonds is 5. The monoisotopic (exact) mass is 360 g/mol. The Kier molecular flexibility index (Phi) is 4.25. The highest BCUT2D eigenvalue weighted by Crippen LogP contribution is 2.33. The summed E-state index contributed by atoms with van der Waals surface area (Å²) < 4.78 is 9.81. The molecule has 7 nitrogen and oxygen atoms in total. The van der Waals surface area contributed by atoms with Crippen LogP contribution >= 0.6 is 0 Å². The van der Waals surface area contributed by atoms with E-state index in [9.17, 15) is 0 Å². The molecule has 0 amide bonds. The molecule has 4 N–H and O–H groups in total. The maximum Gasteiger partial charge on any atom is 0.221 e. The molecule has 0 spiro atoms. The zero-order valence-electron chi connectivity index (χ0n) is 14.9. The maximum absolute atomic E-state index is 6.02. The van der Waals surface area contributed by atoms with Crippen molar-refractivity contribution in [3.8, 4) is 17.1 Å². The summed E-state index contributed by atoms with van der Waals surface area (Å²) in [5.74, 6) is 1.35. The number of methoxy groups -OCH3 is 1. The van der Waals surface area contributed by atoms with Gasteiger partial charge < -0.3 is 25.3 Å². The van der Waals surface area contributed by atoms with Gasteiger partial charge in [0.05, 0.1) is 18.5 Å². The Labute approximate surface area is 156 Å². The zero-order valence-corrected chi connectivity index (χ0v) is 14.9. The number of hydrogen-bond acceptors (Lipinski definition) is 5. The van der Waals surface area contributed by atoms with E-state index in [4.69, 9.17) is 16.2 Å². The third kappa shape index (κ3) is 3.22. The van der Waals surface area contributed by atoms with Crippen LogP contribution < -0.4 is 16.2 Å². The Hall–Kier alpha value is -3.74. The summed E-state index contributed by atoms with van der Waals surface area (Å²) in [5.41, 5.74) is 15.4. The molecule has 136 valence electrons. The maximum atomic E-state index is 6.02. The van der Waals surface area contributed by atoms with E-state index in [0.29, 0.717) is 12.2 Å². The molecule has 0 aliphatic heterocycles. The van der Waals surface area contributed by atoms with E-state index in [0.717, 1.165) is 28.3 Å².